The molecular weight excluding hydrogens is 541 g/mol. The fraction of sp³-hybridized carbons (Fsp3) is 0.214. The fourth-order valence-corrected chi connectivity index (χ4v) is 4.33. The number of hydrogen-bond donors (Lipinski definition) is 2. The van der Waals surface area contributed by atoms with E-state index in [0.29, 0.717) is 16.7 Å². The van der Waals surface area contributed by atoms with Crippen LogP contribution in [0, 0.1) is 0 Å². The lowest BCUT2D eigenvalue weighted by Gasteiger charge is -2.11. The van der Waals surface area contributed by atoms with Crippen molar-refractivity contribution >= 4 is 28.6 Å². The van der Waals surface area contributed by atoms with E-state index in [-0.39, 0.29) is 18.3 Å². The lowest BCUT2D eigenvalue weighted by atomic mass is 10.1. The molecule has 0 bridgehead atoms. The molecule has 0 unspecified atom stereocenters. The van der Waals surface area contributed by atoms with Gasteiger partial charge in [-0.15, -0.1) is 18.3 Å². The first-order chi connectivity index (χ1) is 19.2. The van der Waals surface area contributed by atoms with Gasteiger partial charge in [-0.3, -0.25) is 5.32 Å². The van der Waals surface area contributed by atoms with Crippen LogP contribution in [0.1, 0.15) is 25.0 Å². The summed E-state index contributed by atoms with van der Waals surface area (Å²) in [6.45, 7) is 4.31. The largest absolute Gasteiger partial charge is 0.573 e. The number of nitrogens with zero attached hydrogens (tertiary/aromatic N) is 4. The molecule has 2 amide bonds. The zero-order chi connectivity index (χ0) is 28.5. The highest BCUT2D eigenvalue weighted by Crippen LogP contribution is 2.24. The van der Waals surface area contributed by atoms with Gasteiger partial charge in [0.1, 0.15) is 12.1 Å². The Bertz CT molecular complexity index is 1470. The van der Waals surface area contributed by atoms with Crippen LogP contribution in [0.25, 0.3) is 17.1 Å². The van der Waals surface area contributed by atoms with E-state index in [2.05, 4.69) is 37.4 Å². The Balaban J connectivity index is 1.39. The van der Waals surface area contributed by atoms with Crippen LogP contribution in [0.5, 0.6) is 5.75 Å². The summed E-state index contributed by atoms with van der Waals surface area (Å²) in [6, 6.07) is 20.1. The minimum absolute atomic E-state index is 0.261. The van der Waals surface area contributed by atoms with Gasteiger partial charge in [-0.2, -0.15) is 0 Å². The quantitative estimate of drug-likeness (QED) is 0.184. The summed E-state index contributed by atoms with van der Waals surface area (Å²) >= 11 is 1.45. The zero-order valence-corrected chi connectivity index (χ0v) is 22.6. The van der Waals surface area contributed by atoms with Gasteiger partial charge in [-0.1, -0.05) is 62.0 Å². The molecule has 208 valence electrons. The number of aryl methyl sites for hydroxylation is 1. The second-order valence-electron chi connectivity index (χ2n) is 8.39. The molecule has 1 aromatic heterocycles. The van der Waals surface area contributed by atoms with E-state index in [9.17, 15) is 18.0 Å². The van der Waals surface area contributed by atoms with Gasteiger partial charge in [0.25, 0.3) is 0 Å². The Morgan fingerprint density at radius 2 is 1.82 bits per heavy atom. The molecule has 0 saturated carbocycles. The zero-order valence-electron chi connectivity index (χ0n) is 21.8. The number of aliphatic imine (C=N–C) groups is 1. The highest BCUT2D eigenvalue weighted by molar-refractivity contribution is 8.13. The number of carbonyl (C=O) groups is 1. The average Bonchev–Trinajstić information content (AvgIpc) is 3.43. The summed E-state index contributed by atoms with van der Waals surface area (Å²) in [6.07, 6.45) is -2.45. The highest BCUT2D eigenvalue weighted by atomic mass is 32.2. The first kappa shape index (κ1) is 28.7. The Morgan fingerprint density at radius 3 is 2.55 bits per heavy atom. The van der Waals surface area contributed by atoms with E-state index in [1.54, 1.807) is 0 Å². The van der Waals surface area contributed by atoms with E-state index in [4.69, 9.17) is 0 Å². The molecule has 4 aromatic rings. The number of nitrogens with one attached hydrogen (secondary N) is 2. The van der Waals surface area contributed by atoms with Gasteiger partial charge in [0, 0.05) is 12.1 Å². The van der Waals surface area contributed by atoms with E-state index in [1.165, 1.54) is 47.0 Å². The number of rotatable bonds is 8. The third-order valence-electron chi connectivity index (χ3n) is 5.56. The number of ether oxygens (including phenoxy) is 1. The molecule has 0 aliphatic carbocycles. The Kier molecular flexibility index (Phi) is 9.43. The molecule has 0 radical (unpaired) electrons. The van der Waals surface area contributed by atoms with E-state index < -0.39 is 6.36 Å². The summed E-state index contributed by atoms with van der Waals surface area (Å²) in [5, 5.41) is 10.6. The molecule has 0 atom stereocenters. The second-order valence-corrected chi connectivity index (χ2v) is 9.65. The summed E-state index contributed by atoms with van der Waals surface area (Å²) in [7, 11) is 0. The van der Waals surface area contributed by atoms with Crippen molar-refractivity contribution in [2.75, 3.05) is 5.75 Å². The maximum atomic E-state index is 12.6. The lowest BCUT2D eigenvalue weighted by molar-refractivity contribution is -0.274. The number of amidine groups is 1. The average molecular weight is 569 g/mol. The molecule has 0 fully saturated rings. The number of thioether (sulfide) groups is 1. The molecule has 0 aliphatic rings. The van der Waals surface area contributed by atoms with Crippen LogP contribution in [-0.2, 0) is 13.0 Å². The van der Waals surface area contributed by atoms with Crippen molar-refractivity contribution in [1.82, 2.24) is 25.4 Å². The van der Waals surface area contributed by atoms with Gasteiger partial charge < -0.3 is 10.1 Å². The topological polar surface area (TPSA) is 93.4 Å². The van der Waals surface area contributed by atoms with Crippen LogP contribution >= 0.6 is 11.8 Å². The second kappa shape index (κ2) is 13.2. The number of hydrogen-bond acceptors (Lipinski definition) is 6. The van der Waals surface area contributed by atoms with E-state index in [1.807, 2.05) is 55.5 Å². The van der Waals surface area contributed by atoms with Crippen molar-refractivity contribution in [1.29, 1.82) is 0 Å². The summed E-state index contributed by atoms with van der Waals surface area (Å²) < 4.78 is 42.5. The molecule has 3 aromatic carbocycles. The van der Waals surface area contributed by atoms with Crippen LogP contribution in [0.4, 0.5) is 23.7 Å². The predicted molar refractivity (Wildman–Crippen MR) is 150 cm³/mol. The first-order valence-corrected chi connectivity index (χ1v) is 13.4. The number of amides is 2. The van der Waals surface area contributed by atoms with E-state index in [0.717, 1.165) is 34.6 Å². The fourth-order valence-electron chi connectivity index (χ4n) is 3.73. The SMILES string of the molecule is CCSC(=Nc1ccccc1CC)NC(=O)NCc1cccc(-c2ncn(-c3ccc(OC(F)(F)F)cc3)n2)c1. The number of benzene rings is 3. The van der Waals surface area contributed by atoms with Crippen molar-refractivity contribution in [2.24, 2.45) is 4.99 Å². The number of aromatic nitrogens is 3. The minimum atomic E-state index is -4.76. The molecule has 8 nitrogen and oxygen atoms in total. The molecule has 2 N–H and O–H groups in total. The molecule has 0 saturated heterocycles. The smallest absolute Gasteiger partial charge is 0.406 e. The van der Waals surface area contributed by atoms with Crippen molar-refractivity contribution in [3.63, 3.8) is 0 Å². The molecule has 0 spiro atoms. The third-order valence-corrected chi connectivity index (χ3v) is 6.32. The minimum Gasteiger partial charge on any atom is -0.406 e. The Hall–Kier alpha value is -4.32. The molecule has 40 heavy (non-hydrogen) atoms. The number of alkyl halides is 3. The van der Waals surface area contributed by atoms with Crippen LogP contribution in [0.3, 0.4) is 0 Å². The van der Waals surface area contributed by atoms with Crippen molar-refractivity contribution in [3.05, 3.63) is 90.3 Å². The first-order valence-electron chi connectivity index (χ1n) is 12.5. The number of carbonyl (C=O) groups excluding carboxylic acids is 1. The number of halogens is 3. The standard InChI is InChI=1S/C28H27F3N6O2S/c1-3-20-9-5-6-11-24(20)34-27(40-4-2)35-26(38)32-17-19-8-7-10-21(16-19)25-33-18-37(36-25)22-12-14-23(15-13-22)39-28(29,30)31/h5-16,18H,3-4,17H2,1-2H3,(H2,32,34,35,38). The van der Waals surface area contributed by atoms with Crippen LogP contribution in [0.15, 0.2) is 84.1 Å². The van der Waals surface area contributed by atoms with Crippen LogP contribution in [-0.4, -0.2) is 38.1 Å². The highest BCUT2D eigenvalue weighted by Gasteiger charge is 2.31. The maximum Gasteiger partial charge on any atom is 0.573 e. The lowest BCUT2D eigenvalue weighted by Crippen LogP contribution is -2.38. The monoisotopic (exact) mass is 568 g/mol. The van der Waals surface area contributed by atoms with Gasteiger partial charge in [-0.05, 0) is 59.7 Å². The Labute approximate surface area is 233 Å². The van der Waals surface area contributed by atoms with Crippen molar-refractivity contribution in [2.45, 2.75) is 33.2 Å². The van der Waals surface area contributed by atoms with Crippen LogP contribution < -0.4 is 15.4 Å². The van der Waals surface area contributed by atoms with Crippen LogP contribution in [0.2, 0.25) is 0 Å². The van der Waals surface area contributed by atoms with Gasteiger partial charge >= 0.3 is 12.4 Å². The molecule has 1 heterocycles. The normalized spacial score (nSPS) is 11.8. The summed E-state index contributed by atoms with van der Waals surface area (Å²) in [5.74, 6) is 0.851. The third kappa shape index (κ3) is 8.09. The predicted octanol–water partition coefficient (Wildman–Crippen LogP) is 6.64. The van der Waals surface area contributed by atoms with Gasteiger partial charge in [0.05, 0.1) is 11.4 Å². The summed E-state index contributed by atoms with van der Waals surface area (Å²) in [4.78, 5) is 21.6. The maximum absolute atomic E-state index is 12.6. The van der Waals surface area contributed by atoms with Gasteiger partial charge in [-0.25, -0.2) is 19.5 Å². The Morgan fingerprint density at radius 1 is 1.05 bits per heavy atom. The van der Waals surface area contributed by atoms with Gasteiger partial charge in [0.15, 0.2) is 11.0 Å². The number of para-hydroxylation sites is 1. The van der Waals surface area contributed by atoms with Crippen molar-refractivity contribution < 1.29 is 22.7 Å². The number of urea groups is 1. The van der Waals surface area contributed by atoms with Gasteiger partial charge in [0.2, 0.25) is 0 Å². The van der Waals surface area contributed by atoms with Crippen molar-refractivity contribution in [3.8, 4) is 22.8 Å². The molecule has 0 aliphatic heterocycles. The summed E-state index contributed by atoms with van der Waals surface area (Å²) in [5.41, 5.74) is 3.99. The van der Waals surface area contributed by atoms with E-state index >= 15 is 0 Å². The molecule has 12 heteroatoms. The molecular formula is C28H27F3N6O2S. The molecule has 4 rings (SSSR count).